The quantitative estimate of drug-likeness (QED) is 0.542. The number of hydrogen-bond donors (Lipinski definition) is 4. The van der Waals surface area contributed by atoms with Crippen LogP contribution in [-0.2, 0) is 4.79 Å². The number of carbonyl (C=O) groups is 1. The van der Waals surface area contributed by atoms with E-state index in [1.165, 1.54) is 0 Å². The lowest BCUT2D eigenvalue weighted by atomic mass is 9.78. The lowest BCUT2D eigenvalue weighted by Crippen LogP contribution is -2.48. The van der Waals surface area contributed by atoms with Crippen LogP contribution in [0.3, 0.4) is 0 Å². The second kappa shape index (κ2) is 6.33. The van der Waals surface area contributed by atoms with Crippen molar-refractivity contribution in [1.29, 1.82) is 0 Å². The summed E-state index contributed by atoms with van der Waals surface area (Å²) >= 11 is 0. The number of aliphatic hydroxyl groups excluding tert-OH is 1. The van der Waals surface area contributed by atoms with Gasteiger partial charge in [-0.25, -0.2) is 0 Å². The summed E-state index contributed by atoms with van der Waals surface area (Å²) in [6.07, 6.45) is 2.90. The molecule has 0 aromatic rings. The van der Waals surface area contributed by atoms with Crippen molar-refractivity contribution in [3.8, 4) is 0 Å². The first kappa shape index (κ1) is 14.4. The van der Waals surface area contributed by atoms with Gasteiger partial charge in [0.1, 0.15) is 0 Å². The predicted molar refractivity (Wildman–Crippen MR) is 63.7 cm³/mol. The molecule has 0 bridgehead atoms. The molecule has 0 amide bonds. The van der Waals surface area contributed by atoms with Crippen LogP contribution in [0.15, 0.2) is 0 Å². The molecule has 0 spiro atoms. The van der Waals surface area contributed by atoms with Gasteiger partial charge < -0.3 is 20.6 Å². The fourth-order valence-electron chi connectivity index (χ4n) is 2.25. The van der Waals surface area contributed by atoms with Gasteiger partial charge in [0.2, 0.25) is 0 Å². The van der Waals surface area contributed by atoms with Crippen molar-refractivity contribution >= 4 is 5.97 Å². The number of nitrogens with one attached hydrogen (secondary N) is 1. The second-order valence-corrected chi connectivity index (χ2v) is 5.01. The first-order chi connectivity index (χ1) is 8.00. The third-order valence-electron chi connectivity index (χ3n) is 3.70. The predicted octanol–water partition coefficient (Wildman–Crippen LogP) is 0.353. The monoisotopic (exact) mass is 245 g/mol. The molecule has 1 aliphatic rings. The summed E-state index contributed by atoms with van der Waals surface area (Å²) in [6, 6.07) is 0.0104. The van der Waals surface area contributed by atoms with Gasteiger partial charge in [0.25, 0.3) is 0 Å². The average Bonchev–Trinajstić information content (AvgIpc) is 2.31. The molecule has 4 N–H and O–H groups in total. The maximum atomic E-state index is 10.8. The molecule has 0 aliphatic heterocycles. The lowest BCUT2D eigenvalue weighted by Gasteiger charge is -2.35. The lowest BCUT2D eigenvalue weighted by molar-refractivity contribution is -0.144. The minimum atomic E-state index is -0.811. The molecule has 0 aromatic carbocycles. The Kier molecular flexibility index (Phi) is 5.36. The largest absolute Gasteiger partial charge is 0.481 e. The van der Waals surface area contributed by atoms with E-state index < -0.39 is 11.6 Å². The molecule has 100 valence electrons. The molecule has 1 atom stereocenters. The maximum absolute atomic E-state index is 10.8. The molecule has 1 aliphatic carbocycles. The highest BCUT2D eigenvalue weighted by Crippen LogP contribution is 2.31. The van der Waals surface area contributed by atoms with E-state index in [4.69, 9.17) is 10.2 Å². The van der Waals surface area contributed by atoms with Crippen LogP contribution in [0, 0.1) is 5.92 Å². The fourth-order valence-corrected chi connectivity index (χ4v) is 2.25. The number of aliphatic hydroxyl groups is 2. The van der Waals surface area contributed by atoms with Gasteiger partial charge in [-0.3, -0.25) is 4.79 Å². The molecule has 0 saturated heterocycles. The van der Waals surface area contributed by atoms with Crippen LogP contribution in [0.2, 0.25) is 0 Å². The topological polar surface area (TPSA) is 89.8 Å². The summed E-state index contributed by atoms with van der Waals surface area (Å²) < 4.78 is 0. The van der Waals surface area contributed by atoms with Crippen molar-refractivity contribution in [3.05, 3.63) is 0 Å². The van der Waals surface area contributed by atoms with Gasteiger partial charge in [0.05, 0.1) is 18.1 Å². The Morgan fingerprint density at radius 3 is 2.47 bits per heavy atom. The standard InChI is InChI=1S/C12H23NO4/c1-2-10(7-14)13-8-12(17)5-3-9(4-6-12)11(15)16/h9-10,13-14,17H,2-8H2,1H3,(H,15,16). The number of carboxylic acids is 1. The van der Waals surface area contributed by atoms with Gasteiger partial charge in [0, 0.05) is 12.6 Å². The molecule has 0 heterocycles. The van der Waals surface area contributed by atoms with Gasteiger partial charge >= 0.3 is 5.97 Å². The molecule has 1 unspecified atom stereocenters. The Morgan fingerprint density at radius 1 is 1.47 bits per heavy atom. The Morgan fingerprint density at radius 2 is 2.06 bits per heavy atom. The van der Waals surface area contributed by atoms with Crippen LogP contribution in [0.4, 0.5) is 0 Å². The number of hydrogen-bond acceptors (Lipinski definition) is 4. The summed E-state index contributed by atoms with van der Waals surface area (Å²) in [7, 11) is 0. The van der Waals surface area contributed by atoms with Crippen LogP contribution in [0.5, 0.6) is 0 Å². The summed E-state index contributed by atoms with van der Waals surface area (Å²) in [6.45, 7) is 2.46. The van der Waals surface area contributed by atoms with Crippen molar-refractivity contribution in [2.24, 2.45) is 5.92 Å². The van der Waals surface area contributed by atoms with Crippen molar-refractivity contribution in [3.63, 3.8) is 0 Å². The SMILES string of the molecule is CCC(CO)NCC1(O)CCC(C(=O)O)CC1. The Hall–Kier alpha value is -0.650. The molecule has 1 fully saturated rings. The summed E-state index contributed by atoms with van der Waals surface area (Å²) in [5.74, 6) is -1.07. The van der Waals surface area contributed by atoms with Gasteiger partial charge in [-0.05, 0) is 32.1 Å². The van der Waals surface area contributed by atoms with Crippen molar-refractivity contribution in [2.45, 2.75) is 50.7 Å². The molecule has 5 nitrogen and oxygen atoms in total. The summed E-state index contributed by atoms with van der Waals surface area (Å²) in [5, 5.41) is 31.3. The zero-order valence-corrected chi connectivity index (χ0v) is 10.4. The smallest absolute Gasteiger partial charge is 0.306 e. The molecule has 1 saturated carbocycles. The van der Waals surface area contributed by atoms with Crippen LogP contribution in [0.25, 0.3) is 0 Å². The van der Waals surface area contributed by atoms with E-state index in [1.807, 2.05) is 6.92 Å². The van der Waals surface area contributed by atoms with Crippen LogP contribution >= 0.6 is 0 Å². The molecule has 1 rings (SSSR count). The van der Waals surface area contributed by atoms with Crippen molar-refractivity contribution in [2.75, 3.05) is 13.2 Å². The highest BCUT2D eigenvalue weighted by Gasteiger charge is 2.35. The molecular formula is C12H23NO4. The molecule has 5 heteroatoms. The van der Waals surface area contributed by atoms with E-state index >= 15 is 0 Å². The third kappa shape index (κ3) is 4.26. The van der Waals surface area contributed by atoms with Gasteiger partial charge in [-0.15, -0.1) is 0 Å². The van der Waals surface area contributed by atoms with Gasteiger partial charge in [-0.1, -0.05) is 6.92 Å². The minimum absolute atomic E-state index is 0.0104. The average molecular weight is 245 g/mol. The fraction of sp³-hybridized carbons (Fsp3) is 0.917. The minimum Gasteiger partial charge on any atom is -0.481 e. The molecule has 0 aromatic heterocycles. The molecule has 0 radical (unpaired) electrons. The Bertz CT molecular complexity index is 245. The van der Waals surface area contributed by atoms with Crippen molar-refractivity contribution in [1.82, 2.24) is 5.32 Å². The van der Waals surface area contributed by atoms with Crippen LogP contribution in [-0.4, -0.2) is 46.1 Å². The Labute approximate surface area is 102 Å². The highest BCUT2D eigenvalue weighted by molar-refractivity contribution is 5.70. The second-order valence-electron chi connectivity index (χ2n) is 5.01. The number of rotatable bonds is 6. The van der Waals surface area contributed by atoms with Gasteiger partial charge in [0.15, 0.2) is 0 Å². The maximum Gasteiger partial charge on any atom is 0.306 e. The summed E-state index contributed by atoms with van der Waals surface area (Å²) in [4.78, 5) is 10.8. The van der Waals surface area contributed by atoms with Crippen LogP contribution < -0.4 is 5.32 Å². The van der Waals surface area contributed by atoms with Crippen LogP contribution in [0.1, 0.15) is 39.0 Å². The summed E-state index contributed by atoms with van der Waals surface area (Å²) in [5.41, 5.74) is -0.811. The molecule has 17 heavy (non-hydrogen) atoms. The Balaban J connectivity index is 2.36. The van der Waals surface area contributed by atoms with E-state index in [0.717, 1.165) is 6.42 Å². The zero-order valence-electron chi connectivity index (χ0n) is 10.4. The van der Waals surface area contributed by atoms with Crippen molar-refractivity contribution < 1.29 is 20.1 Å². The van der Waals surface area contributed by atoms with E-state index in [9.17, 15) is 9.90 Å². The third-order valence-corrected chi connectivity index (χ3v) is 3.70. The normalized spacial score (nSPS) is 31.1. The van der Waals surface area contributed by atoms with E-state index in [1.54, 1.807) is 0 Å². The van der Waals surface area contributed by atoms with Gasteiger partial charge in [-0.2, -0.15) is 0 Å². The highest BCUT2D eigenvalue weighted by atomic mass is 16.4. The van der Waals surface area contributed by atoms with E-state index in [2.05, 4.69) is 5.32 Å². The molecular weight excluding hydrogens is 222 g/mol. The number of aliphatic carboxylic acids is 1. The zero-order chi connectivity index (χ0) is 12.9. The first-order valence-electron chi connectivity index (χ1n) is 6.30. The van der Waals surface area contributed by atoms with E-state index in [0.29, 0.717) is 32.2 Å². The van der Waals surface area contributed by atoms with E-state index in [-0.39, 0.29) is 18.6 Å². The number of carboxylic acid groups (broad SMARTS) is 1. The first-order valence-corrected chi connectivity index (χ1v) is 6.30.